The predicted molar refractivity (Wildman–Crippen MR) is 82.3 cm³/mol. The van der Waals surface area contributed by atoms with Crippen molar-refractivity contribution in [3.8, 4) is 0 Å². The van der Waals surface area contributed by atoms with Gasteiger partial charge in [0.1, 0.15) is 0 Å². The van der Waals surface area contributed by atoms with E-state index in [9.17, 15) is 9.90 Å². The number of amides is 2. The number of nitrogens with zero attached hydrogens (tertiary/aromatic N) is 1. The summed E-state index contributed by atoms with van der Waals surface area (Å²) in [7, 11) is 0. The lowest BCUT2D eigenvalue weighted by atomic mass is 10.1. The fraction of sp³-hybridized carbons (Fsp3) is 0.562. The number of anilines is 1. The van der Waals surface area contributed by atoms with Crippen LogP contribution in [0.4, 0.5) is 10.5 Å². The lowest BCUT2D eigenvalue weighted by Gasteiger charge is -2.19. The Bertz CT molecular complexity index is 502. The molecular weight excluding hydrogens is 268 g/mol. The average Bonchev–Trinajstić information content (AvgIpc) is 2.86. The maximum Gasteiger partial charge on any atom is 0.321 e. The van der Waals surface area contributed by atoms with Crippen molar-refractivity contribution in [2.24, 2.45) is 0 Å². The standard InChI is InChI=1S/C16H24N2O3/c1-11(2)21-10-13-5-4-6-15(12(13)3)17-16(20)18-8-7-14(19)9-18/h4-6,11,14,19H,7-10H2,1-3H3,(H,17,20)/t14-/m0/s1. The molecule has 5 nitrogen and oxygen atoms in total. The summed E-state index contributed by atoms with van der Waals surface area (Å²) >= 11 is 0. The smallest absolute Gasteiger partial charge is 0.321 e. The maximum atomic E-state index is 12.2. The van der Waals surface area contributed by atoms with Gasteiger partial charge in [0.15, 0.2) is 0 Å². The van der Waals surface area contributed by atoms with E-state index in [0.717, 1.165) is 16.8 Å². The van der Waals surface area contributed by atoms with Crippen molar-refractivity contribution in [2.75, 3.05) is 18.4 Å². The van der Waals surface area contributed by atoms with Gasteiger partial charge in [-0.2, -0.15) is 0 Å². The Hall–Kier alpha value is -1.59. The fourth-order valence-corrected chi connectivity index (χ4v) is 2.35. The number of rotatable bonds is 4. The van der Waals surface area contributed by atoms with Gasteiger partial charge in [0.05, 0.1) is 18.8 Å². The zero-order chi connectivity index (χ0) is 15.4. The topological polar surface area (TPSA) is 61.8 Å². The number of hydrogen-bond acceptors (Lipinski definition) is 3. The quantitative estimate of drug-likeness (QED) is 0.896. The van der Waals surface area contributed by atoms with E-state index in [1.165, 1.54) is 0 Å². The minimum absolute atomic E-state index is 0.156. The second kappa shape index (κ2) is 6.91. The number of carbonyl (C=O) groups excluding carboxylic acids is 1. The maximum absolute atomic E-state index is 12.2. The first-order valence-corrected chi connectivity index (χ1v) is 7.41. The molecular formula is C16H24N2O3. The number of hydrogen-bond donors (Lipinski definition) is 2. The van der Waals surface area contributed by atoms with Crippen molar-refractivity contribution in [1.82, 2.24) is 4.90 Å². The van der Waals surface area contributed by atoms with Crippen molar-refractivity contribution >= 4 is 11.7 Å². The third-order valence-corrected chi connectivity index (χ3v) is 3.71. The summed E-state index contributed by atoms with van der Waals surface area (Å²) in [5, 5.41) is 12.4. The molecule has 21 heavy (non-hydrogen) atoms. The molecule has 1 aromatic rings. The molecule has 1 fully saturated rings. The van der Waals surface area contributed by atoms with Crippen LogP contribution in [0.1, 0.15) is 31.4 Å². The molecule has 5 heteroatoms. The Balaban J connectivity index is 2.02. The van der Waals surface area contributed by atoms with E-state index in [-0.39, 0.29) is 12.1 Å². The van der Waals surface area contributed by atoms with Crippen LogP contribution in [0.15, 0.2) is 18.2 Å². The Morgan fingerprint density at radius 2 is 2.29 bits per heavy atom. The van der Waals surface area contributed by atoms with Gasteiger partial charge in [-0.3, -0.25) is 0 Å². The minimum Gasteiger partial charge on any atom is -0.391 e. The number of urea groups is 1. The van der Waals surface area contributed by atoms with E-state index >= 15 is 0 Å². The lowest BCUT2D eigenvalue weighted by molar-refractivity contribution is 0.0654. The summed E-state index contributed by atoms with van der Waals surface area (Å²) < 4.78 is 5.63. The Labute approximate surface area is 125 Å². The second-order valence-corrected chi connectivity index (χ2v) is 5.77. The molecule has 0 spiro atoms. The normalized spacial score (nSPS) is 18.3. The second-order valence-electron chi connectivity index (χ2n) is 5.77. The third kappa shape index (κ3) is 4.19. The van der Waals surface area contributed by atoms with E-state index in [0.29, 0.717) is 26.1 Å². The van der Waals surface area contributed by atoms with Gasteiger partial charge in [-0.1, -0.05) is 12.1 Å². The van der Waals surface area contributed by atoms with Crippen molar-refractivity contribution in [3.05, 3.63) is 29.3 Å². The highest BCUT2D eigenvalue weighted by molar-refractivity contribution is 5.90. The molecule has 0 aliphatic carbocycles. The van der Waals surface area contributed by atoms with Crippen LogP contribution in [0, 0.1) is 6.92 Å². The van der Waals surface area contributed by atoms with Gasteiger partial charge in [-0.05, 0) is 44.4 Å². The molecule has 0 radical (unpaired) electrons. The summed E-state index contributed by atoms with van der Waals surface area (Å²) in [4.78, 5) is 13.8. The van der Waals surface area contributed by atoms with Crippen LogP contribution in [-0.2, 0) is 11.3 Å². The summed E-state index contributed by atoms with van der Waals surface area (Å²) in [6.07, 6.45) is 0.422. The molecule has 0 aromatic heterocycles. The minimum atomic E-state index is -0.400. The van der Waals surface area contributed by atoms with E-state index < -0.39 is 6.10 Å². The van der Waals surface area contributed by atoms with Crippen molar-refractivity contribution in [1.29, 1.82) is 0 Å². The number of likely N-dealkylation sites (tertiary alicyclic amines) is 1. The third-order valence-electron chi connectivity index (χ3n) is 3.71. The monoisotopic (exact) mass is 292 g/mol. The molecule has 0 saturated carbocycles. The summed E-state index contributed by atoms with van der Waals surface area (Å²) in [6.45, 7) is 7.52. The van der Waals surface area contributed by atoms with E-state index in [1.807, 2.05) is 39.0 Å². The summed E-state index contributed by atoms with van der Waals surface area (Å²) in [5.74, 6) is 0. The molecule has 116 valence electrons. The van der Waals surface area contributed by atoms with Crippen LogP contribution < -0.4 is 5.32 Å². The van der Waals surface area contributed by atoms with Crippen molar-refractivity contribution < 1.29 is 14.6 Å². The van der Waals surface area contributed by atoms with Gasteiger partial charge in [0, 0.05) is 18.8 Å². The van der Waals surface area contributed by atoms with Crippen LogP contribution in [0.5, 0.6) is 0 Å². The Morgan fingerprint density at radius 1 is 1.52 bits per heavy atom. The summed E-state index contributed by atoms with van der Waals surface area (Å²) in [5.41, 5.74) is 2.89. The molecule has 2 amide bonds. The van der Waals surface area contributed by atoms with E-state index in [1.54, 1.807) is 4.90 Å². The van der Waals surface area contributed by atoms with Gasteiger partial charge < -0.3 is 20.1 Å². The summed E-state index contributed by atoms with van der Waals surface area (Å²) in [6, 6.07) is 5.66. The molecule has 1 aliphatic heterocycles. The van der Waals surface area contributed by atoms with Crippen LogP contribution >= 0.6 is 0 Å². The van der Waals surface area contributed by atoms with Crippen molar-refractivity contribution in [2.45, 2.75) is 46.0 Å². The zero-order valence-corrected chi connectivity index (χ0v) is 12.9. The highest BCUT2D eigenvalue weighted by atomic mass is 16.5. The fourth-order valence-electron chi connectivity index (χ4n) is 2.35. The molecule has 1 atom stereocenters. The number of aliphatic hydroxyl groups is 1. The van der Waals surface area contributed by atoms with Crippen LogP contribution in [0.25, 0.3) is 0 Å². The van der Waals surface area contributed by atoms with Crippen LogP contribution in [-0.4, -0.2) is 41.3 Å². The SMILES string of the molecule is Cc1c(COC(C)C)cccc1NC(=O)N1CC[C@H](O)C1. The average molecular weight is 292 g/mol. The molecule has 1 saturated heterocycles. The van der Waals surface area contributed by atoms with Gasteiger partial charge in [-0.15, -0.1) is 0 Å². The highest BCUT2D eigenvalue weighted by Crippen LogP contribution is 2.21. The first-order chi connectivity index (χ1) is 9.97. The predicted octanol–water partition coefficient (Wildman–Crippen LogP) is 2.52. The van der Waals surface area contributed by atoms with E-state index in [4.69, 9.17) is 4.74 Å². The number of aliphatic hydroxyl groups excluding tert-OH is 1. The van der Waals surface area contributed by atoms with Gasteiger partial charge in [0.2, 0.25) is 0 Å². The zero-order valence-electron chi connectivity index (χ0n) is 12.9. The van der Waals surface area contributed by atoms with Crippen LogP contribution in [0.2, 0.25) is 0 Å². The number of carbonyl (C=O) groups is 1. The Morgan fingerprint density at radius 3 is 2.90 bits per heavy atom. The van der Waals surface area contributed by atoms with Gasteiger partial charge >= 0.3 is 6.03 Å². The van der Waals surface area contributed by atoms with Gasteiger partial charge in [0.25, 0.3) is 0 Å². The number of ether oxygens (including phenoxy) is 1. The molecule has 2 N–H and O–H groups in total. The molecule has 0 unspecified atom stereocenters. The molecule has 0 bridgehead atoms. The van der Waals surface area contributed by atoms with Gasteiger partial charge in [-0.25, -0.2) is 4.79 Å². The number of nitrogens with one attached hydrogen (secondary N) is 1. The Kier molecular flexibility index (Phi) is 5.20. The lowest BCUT2D eigenvalue weighted by Crippen LogP contribution is -2.33. The number of benzene rings is 1. The highest BCUT2D eigenvalue weighted by Gasteiger charge is 2.24. The molecule has 2 rings (SSSR count). The van der Waals surface area contributed by atoms with Crippen molar-refractivity contribution in [3.63, 3.8) is 0 Å². The molecule has 1 aliphatic rings. The van der Waals surface area contributed by atoms with E-state index in [2.05, 4.69) is 5.32 Å². The first-order valence-electron chi connectivity index (χ1n) is 7.41. The first kappa shape index (κ1) is 15.8. The molecule has 1 heterocycles. The number of β-amino-alcohol motifs (C(OH)–C–C–N with tert-alkyl or cyclic N) is 1. The van der Waals surface area contributed by atoms with Crippen LogP contribution in [0.3, 0.4) is 0 Å². The largest absolute Gasteiger partial charge is 0.391 e. The molecule has 1 aromatic carbocycles.